The Morgan fingerprint density at radius 2 is 0.843 bits per heavy atom. The maximum atomic E-state index is 6.06. The second-order valence-electron chi connectivity index (χ2n) is 12.8. The Bertz CT molecular complexity index is 2910. The van der Waals surface area contributed by atoms with Crippen molar-refractivity contribution in [2.45, 2.75) is 0 Å². The van der Waals surface area contributed by atoms with E-state index in [4.69, 9.17) is 19.4 Å². The maximum absolute atomic E-state index is 6.06. The highest BCUT2D eigenvalue weighted by molar-refractivity contribution is 6.14. The van der Waals surface area contributed by atoms with Gasteiger partial charge in [-0.2, -0.15) is 0 Å². The third-order valence-corrected chi connectivity index (χ3v) is 9.72. The van der Waals surface area contributed by atoms with Crippen molar-refractivity contribution < 1.29 is 4.42 Å². The Morgan fingerprint density at radius 3 is 1.65 bits per heavy atom. The van der Waals surface area contributed by atoms with E-state index in [1.165, 1.54) is 27.1 Å². The van der Waals surface area contributed by atoms with Gasteiger partial charge in [0.1, 0.15) is 11.2 Å². The number of fused-ring (bicyclic) bond motifs is 6. The van der Waals surface area contributed by atoms with E-state index >= 15 is 0 Å². The van der Waals surface area contributed by atoms with Crippen molar-refractivity contribution in [1.82, 2.24) is 15.0 Å². The van der Waals surface area contributed by atoms with Crippen LogP contribution in [0.15, 0.2) is 180 Å². The van der Waals surface area contributed by atoms with Crippen LogP contribution in [0, 0.1) is 0 Å². The van der Waals surface area contributed by atoms with Gasteiger partial charge >= 0.3 is 0 Å². The number of aromatic nitrogens is 3. The molecule has 0 saturated carbocycles. The van der Waals surface area contributed by atoms with E-state index < -0.39 is 0 Å². The molecule has 4 nitrogen and oxygen atoms in total. The summed E-state index contributed by atoms with van der Waals surface area (Å²) < 4.78 is 6.06. The molecule has 238 valence electrons. The fourth-order valence-electron chi connectivity index (χ4n) is 7.19. The zero-order chi connectivity index (χ0) is 33.7. The second-order valence-corrected chi connectivity index (χ2v) is 12.8. The lowest BCUT2D eigenvalue weighted by molar-refractivity contribution is 0.669. The number of hydrogen-bond acceptors (Lipinski definition) is 4. The number of para-hydroxylation sites is 1. The third kappa shape index (κ3) is 5.13. The summed E-state index contributed by atoms with van der Waals surface area (Å²) >= 11 is 0. The Balaban J connectivity index is 1.07. The van der Waals surface area contributed by atoms with Crippen LogP contribution in [0.5, 0.6) is 0 Å². The van der Waals surface area contributed by atoms with Gasteiger partial charge in [0.2, 0.25) is 0 Å². The van der Waals surface area contributed by atoms with Crippen LogP contribution in [0.3, 0.4) is 0 Å². The fraction of sp³-hybridized carbons (Fsp3) is 0. The zero-order valence-electron chi connectivity index (χ0n) is 27.5. The molecular weight excluding hydrogens is 623 g/mol. The molecule has 8 aromatic carbocycles. The number of benzene rings is 8. The molecule has 0 saturated heterocycles. The van der Waals surface area contributed by atoms with Crippen molar-refractivity contribution >= 4 is 43.5 Å². The molecule has 10 rings (SSSR count). The number of hydrogen-bond donors (Lipinski definition) is 0. The van der Waals surface area contributed by atoms with Gasteiger partial charge in [-0.15, -0.1) is 0 Å². The van der Waals surface area contributed by atoms with Crippen LogP contribution >= 0.6 is 0 Å². The normalized spacial score (nSPS) is 11.5. The van der Waals surface area contributed by atoms with Crippen molar-refractivity contribution in [2.24, 2.45) is 0 Å². The lowest BCUT2D eigenvalue weighted by Gasteiger charge is -2.13. The van der Waals surface area contributed by atoms with Gasteiger partial charge in [0.15, 0.2) is 17.5 Å². The van der Waals surface area contributed by atoms with E-state index in [0.717, 1.165) is 55.3 Å². The lowest BCUT2D eigenvalue weighted by atomic mass is 9.92. The first-order valence-electron chi connectivity index (χ1n) is 17.1. The van der Waals surface area contributed by atoms with Gasteiger partial charge in [-0.1, -0.05) is 146 Å². The van der Waals surface area contributed by atoms with E-state index in [-0.39, 0.29) is 0 Å². The summed E-state index contributed by atoms with van der Waals surface area (Å²) in [7, 11) is 0. The molecule has 51 heavy (non-hydrogen) atoms. The third-order valence-electron chi connectivity index (χ3n) is 9.72. The zero-order valence-corrected chi connectivity index (χ0v) is 27.5. The minimum atomic E-state index is 0.628. The first-order chi connectivity index (χ1) is 25.2. The molecule has 0 fully saturated rings. The maximum Gasteiger partial charge on any atom is 0.164 e. The van der Waals surface area contributed by atoms with E-state index in [2.05, 4.69) is 127 Å². The van der Waals surface area contributed by atoms with Gasteiger partial charge in [0.05, 0.1) is 0 Å². The quantitative estimate of drug-likeness (QED) is 0.174. The van der Waals surface area contributed by atoms with Crippen LogP contribution in [-0.2, 0) is 0 Å². The van der Waals surface area contributed by atoms with Crippen LogP contribution < -0.4 is 0 Å². The predicted molar refractivity (Wildman–Crippen MR) is 209 cm³/mol. The van der Waals surface area contributed by atoms with Gasteiger partial charge in [-0.05, 0) is 74.1 Å². The Kier molecular flexibility index (Phi) is 6.78. The van der Waals surface area contributed by atoms with Crippen molar-refractivity contribution in [1.29, 1.82) is 0 Å². The summed E-state index contributed by atoms with van der Waals surface area (Å²) in [4.78, 5) is 15.1. The molecule has 0 amide bonds. The molecule has 0 N–H and O–H groups in total. The Hall–Kier alpha value is -6.91. The first-order valence-corrected chi connectivity index (χ1v) is 17.1. The predicted octanol–water partition coefficient (Wildman–Crippen LogP) is 12.4. The smallest absolute Gasteiger partial charge is 0.164 e. The van der Waals surface area contributed by atoms with Crippen molar-refractivity contribution in [3.05, 3.63) is 176 Å². The molecule has 0 aliphatic heterocycles. The molecule has 4 heteroatoms. The number of rotatable bonds is 5. The standard InChI is InChI=1S/C47H29N3O/c1-2-11-31(12-3-1)45-48-46(32-23-21-30(22-24-32)33-25-26-44-42(28-33)40-19-8-9-20-43(40)51-44)50-47(49-45)36-15-10-14-34(27-36)41-29-35-13-4-5-16-37(35)38-17-6-7-18-39(38)41/h1-29H. The summed E-state index contributed by atoms with van der Waals surface area (Å²) in [5, 5.41) is 7.16. The number of nitrogens with zero attached hydrogens (tertiary/aromatic N) is 3. The monoisotopic (exact) mass is 651 g/mol. The van der Waals surface area contributed by atoms with Crippen molar-refractivity contribution in [3.8, 4) is 56.4 Å². The second kappa shape index (κ2) is 11.9. The molecule has 10 aromatic rings. The first kappa shape index (κ1) is 29.0. The summed E-state index contributed by atoms with van der Waals surface area (Å²) in [6, 6.07) is 61.2. The summed E-state index contributed by atoms with van der Waals surface area (Å²) in [5.74, 6) is 1.90. The topological polar surface area (TPSA) is 51.8 Å². The molecule has 0 radical (unpaired) electrons. The highest BCUT2D eigenvalue weighted by atomic mass is 16.3. The van der Waals surface area contributed by atoms with E-state index in [9.17, 15) is 0 Å². The number of furan rings is 1. The largest absolute Gasteiger partial charge is 0.456 e. The van der Waals surface area contributed by atoms with Crippen LogP contribution in [0.2, 0.25) is 0 Å². The SMILES string of the molecule is c1ccc(-c2nc(-c3ccc(-c4ccc5oc6ccccc6c5c4)cc3)nc(-c3cccc(-c4cc5ccccc5c5ccccc45)c3)n2)cc1. The Labute approximate surface area is 294 Å². The average Bonchev–Trinajstić information content (AvgIpc) is 3.59. The van der Waals surface area contributed by atoms with Crippen LogP contribution in [-0.4, -0.2) is 15.0 Å². The van der Waals surface area contributed by atoms with Gasteiger partial charge in [-0.25, -0.2) is 15.0 Å². The minimum Gasteiger partial charge on any atom is -0.456 e. The van der Waals surface area contributed by atoms with Crippen LogP contribution in [0.4, 0.5) is 0 Å². The van der Waals surface area contributed by atoms with Gasteiger partial charge in [-0.3, -0.25) is 0 Å². The highest BCUT2D eigenvalue weighted by Gasteiger charge is 2.15. The Morgan fingerprint density at radius 1 is 0.294 bits per heavy atom. The van der Waals surface area contributed by atoms with E-state index in [0.29, 0.717) is 17.5 Å². The van der Waals surface area contributed by atoms with E-state index in [1.807, 2.05) is 48.5 Å². The van der Waals surface area contributed by atoms with Crippen molar-refractivity contribution in [2.75, 3.05) is 0 Å². The van der Waals surface area contributed by atoms with Gasteiger partial charge in [0.25, 0.3) is 0 Å². The lowest BCUT2D eigenvalue weighted by Crippen LogP contribution is -2.00. The highest BCUT2D eigenvalue weighted by Crippen LogP contribution is 2.37. The molecular formula is C47H29N3O. The van der Waals surface area contributed by atoms with Crippen LogP contribution in [0.1, 0.15) is 0 Å². The van der Waals surface area contributed by atoms with Crippen molar-refractivity contribution in [3.63, 3.8) is 0 Å². The molecule has 0 bridgehead atoms. The molecule has 0 unspecified atom stereocenters. The molecule has 0 aliphatic rings. The molecule has 0 spiro atoms. The molecule has 2 heterocycles. The van der Waals surface area contributed by atoms with Crippen LogP contribution in [0.25, 0.3) is 99.9 Å². The average molecular weight is 652 g/mol. The molecule has 0 aliphatic carbocycles. The minimum absolute atomic E-state index is 0.628. The molecule has 0 atom stereocenters. The van der Waals surface area contributed by atoms with Gasteiger partial charge < -0.3 is 4.42 Å². The summed E-state index contributed by atoms with van der Waals surface area (Å²) in [5.41, 5.74) is 9.12. The fourth-order valence-corrected chi connectivity index (χ4v) is 7.19. The molecule has 2 aromatic heterocycles. The summed E-state index contributed by atoms with van der Waals surface area (Å²) in [6.45, 7) is 0. The van der Waals surface area contributed by atoms with E-state index in [1.54, 1.807) is 0 Å². The summed E-state index contributed by atoms with van der Waals surface area (Å²) in [6.07, 6.45) is 0. The van der Waals surface area contributed by atoms with Gasteiger partial charge in [0, 0.05) is 27.5 Å².